The molecule has 2 N–H and O–H groups in total. The van der Waals surface area contributed by atoms with Crippen LogP contribution in [0.4, 0.5) is 10.5 Å². The van der Waals surface area contributed by atoms with Gasteiger partial charge in [0.2, 0.25) is 0 Å². The molecule has 0 aromatic heterocycles. The van der Waals surface area contributed by atoms with Crippen LogP contribution in [-0.2, 0) is 4.79 Å². The maximum absolute atomic E-state index is 11.5. The number of rotatable bonds is 3. The fourth-order valence-corrected chi connectivity index (χ4v) is 1.30. The van der Waals surface area contributed by atoms with Crippen LogP contribution < -0.4 is 15.7 Å². The van der Waals surface area contributed by atoms with Gasteiger partial charge in [-0.2, -0.15) is 0 Å². The molecule has 17 heavy (non-hydrogen) atoms. The molecule has 0 fully saturated rings. The zero-order chi connectivity index (χ0) is 13.0. The van der Waals surface area contributed by atoms with Gasteiger partial charge in [-0.15, -0.1) is 0 Å². The molecule has 0 aliphatic heterocycles. The Bertz CT molecular complexity index is 443. The molecule has 1 atom stereocenters. The van der Waals surface area contributed by atoms with Crippen LogP contribution in [0.3, 0.4) is 0 Å². The number of urea groups is 1. The molecular formula is C12H15N2O3-. The van der Waals surface area contributed by atoms with Crippen LogP contribution in [0.15, 0.2) is 18.2 Å². The highest BCUT2D eigenvalue weighted by Gasteiger charge is 2.09. The van der Waals surface area contributed by atoms with E-state index < -0.39 is 18.0 Å². The van der Waals surface area contributed by atoms with Gasteiger partial charge in [0.25, 0.3) is 0 Å². The molecule has 1 aromatic rings. The molecule has 92 valence electrons. The lowest BCUT2D eigenvalue weighted by atomic mass is 10.1. The quantitative estimate of drug-likeness (QED) is 0.803. The van der Waals surface area contributed by atoms with Gasteiger partial charge in [-0.3, -0.25) is 0 Å². The third kappa shape index (κ3) is 3.48. The molecule has 5 heteroatoms. The summed E-state index contributed by atoms with van der Waals surface area (Å²) in [5.41, 5.74) is 2.66. The number of benzene rings is 1. The normalized spacial score (nSPS) is 11.7. The predicted octanol–water partition coefficient (Wildman–Crippen LogP) is 0.563. The van der Waals surface area contributed by atoms with E-state index in [1.807, 2.05) is 26.0 Å². The molecule has 0 spiro atoms. The van der Waals surface area contributed by atoms with E-state index in [0.717, 1.165) is 11.1 Å². The number of aliphatic carboxylic acids is 1. The van der Waals surface area contributed by atoms with Crippen LogP contribution in [0.25, 0.3) is 0 Å². The van der Waals surface area contributed by atoms with Crippen LogP contribution in [0, 0.1) is 13.8 Å². The lowest BCUT2D eigenvalue weighted by Crippen LogP contribution is -2.47. The van der Waals surface area contributed by atoms with Gasteiger partial charge < -0.3 is 20.5 Å². The second kappa shape index (κ2) is 5.34. The van der Waals surface area contributed by atoms with Crippen molar-refractivity contribution >= 4 is 17.7 Å². The Morgan fingerprint density at radius 3 is 2.53 bits per heavy atom. The summed E-state index contributed by atoms with van der Waals surface area (Å²) in [5.74, 6) is -1.32. The van der Waals surface area contributed by atoms with Crippen molar-refractivity contribution < 1.29 is 14.7 Å². The number of carboxylic acid groups (broad SMARTS) is 1. The summed E-state index contributed by atoms with van der Waals surface area (Å²) >= 11 is 0. The summed E-state index contributed by atoms with van der Waals surface area (Å²) in [5, 5.41) is 15.3. The minimum Gasteiger partial charge on any atom is -0.548 e. The zero-order valence-electron chi connectivity index (χ0n) is 10.0. The van der Waals surface area contributed by atoms with Crippen LogP contribution in [0.2, 0.25) is 0 Å². The van der Waals surface area contributed by atoms with Gasteiger partial charge in [-0.05, 0) is 38.0 Å². The molecule has 2 amide bonds. The summed E-state index contributed by atoms with van der Waals surface area (Å²) < 4.78 is 0. The van der Waals surface area contributed by atoms with Crippen LogP contribution in [0.1, 0.15) is 18.1 Å². The summed E-state index contributed by atoms with van der Waals surface area (Å²) in [7, 11) is 0. The van der Waals surface area contributed by atoms with Crippen molar-refractivity contribution in [2.24, 2.45) is 0 Å². The number of carbonyl (C=O) groups excluding carboxylic acids is 2. The van der Waals surface area contributed by atoms with Crippen molar-refractivity contribution in [2.45, 2.75) is 26.8 Å². The van der Waals surface area contributed by atoms with Gasteiger partial charge in [0, 0.05) is 5.69 Å². The molecule has 0 radical (unpaired) electrons. The van der Waals surface area contributed by atoms with Crippen LogP contribution in [-0.4, -0.2) is 18.0 Å². The molecule has 0 saturated heterocycles. The third-order valence-electron chi connectivity index (χ3n) is 2.55. The standard InChI is InChI=1S/C12H16N2O3/c1-7-5-4-6-10(8(7)2)14-12(17)13-9(3)11(15)16/h4-6,9H,1-3H3,(H,15,16)(H2,13,14,17)/p-1/t9-/m0/s1. The van der Waals surface area contributed by atoms with E-state index in [2.05, 4.69) is 10.6 Å². The highest BCUT2D eigenvalue weighted by Crippen LogP contribution is 2.17. The first-order valence-corrected chi connectivity index (χ1v) is 5.26. The Hall–Kier alpha value is -2.04. The number of anilines is 1. The summed E-state index contributed by atoms with van der Waals surface area (Å²) in [6.07, 6.45) is 0. The maximum atomic E-state index is 11.5. The van der Waals surface area contributed by atoms with E-state index in [1.165, 1.54) is 6.92 Å². The number of nitrogens with one attached hydrogen (secondary N) is 2. The van der Waals surface area contributed by atoms with Crippen LogP contribution >= 0.6 is 0 Å². The Labute approximate surface area is 99.8 Å². The molecule has 0 unspecified atom stereocenters. The Morgan fingerprint density at radius 1 is 1.29 bits per heavy atom. The summed E-state index contributed by atoms with van der Waals surface area (Å²) in [6, 6.07) is 3.92. The Balaban J connectivity index is 2.69. The molecule has 0 aliphatic rings. The largest absolute Gasteiger partial charge is 0.548 e. The summed E-state index contributed by atoms with van der Waals surface area (Å²) in [6.45, 7) is 5.16. The van der Waals surface area contributed by atoms with E-state index in [9.17, 15) is 14.7 Å². The predicted molar refractivity (Wildman–Crippen MR) is 62.5 cm³/mol. The molecule has 0 bridgehead atoms. The fraction of sp³-hybridized carbons (Fsp3) is 0.333. The molecule has 0 saturated carbocycles. The minimum absolute atomic E-state index is 0.560. The number of aryl methyl sites for hydroxylation is 1. The van der Waals surface area contributed by atoms with Crippen molar-refractivity contribution in [3.63, 3.8) is 0 Å². The van der Waals surface area contributed by atoms with Crippen molar-refractivity contribution in [3.8, 4) is 0 Å². The first-order chi connectivity index (χ1) is 7.91. The Morgan fingerprint density at radius 2 is 1.94 bits per heavy atom. The smallest absolute Gasteiger partial charge is 0.319 e. The highest BCUT2D eigenvalue weighted by molar-refractivity contribution is 5.92. The highest BCUT2D eigenvalue weighted by atomic mass is 16.4. The fourth-order valence-electron chi connectivity index (χ4n) is 1.30. The molecule has 5 nitrogen and oxygen atoms in total. The van der Waals surface area contributed by atoms with E-state index in [4.69, 9.17) is 0 Å². The first kappa shape index (κ1) is 13.0. The van der Waals surface area contributed by atoms with Gasteiger partial charge >= 0.3 is 6.03 Å². The molecule has 0 aliphatic carbocycles. The number of carbonyl (C=O) groups is 2. The molecule has 1 rings (SSSR count). The lowest BCUT2D eigenvalue weighted by molar-refractivity contribution is -0.307. The van der Waals surface area contributed by atoms with E-state index in [-0.39, 0.29) is 0 Å². The lowest BCUT2D eigenvalue weighted by Gasteiger charge is -2.16. The summed E-state index contributed by atoms with van der Waals surface area (Å²) in [4.78, 5) is 21.9. The minimum atomic E-state index is -1.32. The van der Waals surface area contributed by atoms with E-state index in [1.54, 1.807) is 6.07 Å². The van der Waals surface area contributed by atoms with Crippen molar-refractivity contribution in [1.29, 1.82) is 0 Å². The van der Waals surface area contributed by atoms with Crippen molar-refractivity contribution in [1.82, 2.24) is 5.32 Å². The average molecular weight is 235 g/mol. The third-order valence-corrected chi connectivity index (χ3v) is 2.55. The van der Waals surface area contributed by atoms with Gasteiger partial charge in [0.1, 0.15) is 0 Å². The second-order valence-corrected chi connectivity index (χ2v) is 3.89. The molecular weight excluding hydrogens is 220 g/mol. The van der Waals surface area contributed by atoms with Gasteiger partial charge in [-0.25, -0.2) is 4.79 Å². The Kier molecular flexibility index (Phi) is 4.09. The number of carboxylic acids is 1. The SMILES string of the molecule is Cc1cccc(NC(=O)N[C@@H](C)C(=O)[O-])c1C. The monoisotopic (exact) mass is 235 g/mol. The maximum Gasteiger partial charge on any atom is 0.319 e. The van der Waals surface area contributed by atoms with Gasteiger partial charge in [-0.1, -0.05) is 12.1 Å². The van der Waals surface area contributed by atoms with E-state index in [0.29, 0.717) is 5.69 Å². The van der Waals surface area contributed by atoms with Gasteiger partial charge in [0.15, 0.2) is 0 Å². The van der Waals surface area contributed by atoms with Crippen molar-refractivity contribution in [3.05, 3.63) is 29.3 Å². The molecule has 1 aromatic carbocycles. The van der Waals surface area contributed by atoms with Crippen LogP contribution in [0.5, 0.6) is 0 Å². The second-order valence-electron chi connectivity index (χ2n) is 3.89. The first-order valence-electron chi connectivity index (χ1n) is 5.26. The average Bonchev–Trinajstić information content (AvgIpc) is 2.24. The number of hydrogen-bond acceptors (Lipinski definition) is 3. The van der Waals surface area contributed by atoms with Crippen molar-refractivity contribution in [2.75, 3.05) is 5.32 Å². The zero-order valence-corrected chi connectivity index (χ0v) is 10.0. The molecule has 0 heterocycles. The number of amides is 2. The number of hydrogen-bond donors (Lipinski definition) is 2. The van der Waals surface area contributed by atoms with E-state index >= 15 is 0 Å². The van der Waals surface area contributed by atoms with Gasteiger partial charge in [0.05, 0.1) is 12.0 Å². The topological polar surface area (TPSA) is 81.3 Å².